The van der Waals surface area contributed by atoms with Gasteiger partial charge in [-0.05, 0) is 92.7 Å². The fourth-order valence-corrected chi connectivity index (χ4v) is 4.17. The van der Waals surface area contributed by atoms with E-state index in [9.17, 15) is 19.5 Å². The van der Waals surface area contributed by atoms with Crippen LogP contribution < -0.4 is 10.6 Å². The number of halogens is 1. The number of nitrogens with one attached hydrogen (secondary N) is 2. The summed E-state index contributed by atoms with van der Waals surface area (Å²) < 4.78 is 6.27. The number of ether oxygens (including phenoxy) is 1. The molecule has 1 atom stereocenters. The summed E-state index contributed by atoms with van der Waals surface area (Å²) in [5, 5.41) is 15.0. The zero-order chi connectivity index (χ0) is 22.3. The van der Waals surface area contributed by atoms with Gasteiger partial charge < -0.3 is 20.5 Å². The quantitative estimate of drug-likeness (QED) is 0.466. The molecule has 0 bridgehead atoms. The van der Waals surface area contributed by atoms with Crippen molar-refractivity contribution in [3.63, 3.8) is 0 Å². The lowest BCUT2D eigenvalue weighted by Crippen LogP contribution is -2.46. The number of aliphatic carboxylic acids is 1. The van der Waals surface area contributed by atoms with Crippen LogP contribution >= 0.6 is 22.6 Å². The number of rotatable bonds is 7. The molecule has 2 amide bonds. The number of amides is 2. The summed E-state index contributed by atoms with van der Waals surface area (Å²) in [6.45, 7) is 5.98. The van der Waals surface area contributed by atoms with E-state index in [4.69, 9.17) is 4.74 Å². The molecule has 1 aliphatic carbocycles. The van der Waals surface area contributed by atoms with E-state index in [2.05, 4.69) is 33.2 Å². The molecule has 1 aromatic carbocycles. The van der Waals surface area contributed by atoms with Gasteiger partial charge in [0.1, 0.15) is 11.6 Å². The molecule has 3 N–H and O–H groups in total. The monoisotopic (exact) mass is 530 g/mol. The minimum atomic E-state index is -1.03. The number of hydrogen-bond acceptors (Lipinski definition) is 4. The summed E-state index contributed by atoms with van der Waals surface area (Å²) in [4.78, 5) is 36.0. The van der Waals surface area contributed by atoms with E-state index in [0.717, 1.165) is 22.0 Å². The van der Waals surface area contributed by atoms with Crippen LogP contribution in [0.2, 0.25) is 0 Å². The number of carboxylic acid groups (broad SMARTS) is 1. The van der Waals surface area contributed by atoms with Crippen molar-refractivity contribution in [2.24, 2.45) is 11.8 Å². The highest BCUT2D eigenvalue weighted by atomic mass is 127. The highest BCUT2D eigenvalue weighted by Crippen LogP contribution is 2.28. The summed E-state index contributed by atoms with van der Waals surface area (Å²) in [6, 6.07) is 6.67. The van der Waals surface area contributed by atoms with E-state index in [-0.39, 0.29) is 18.2 Å². The molecule has 7 nitrogen and oxygen atoms in total. The Morgan fingerprint density at radius 2 is 1.87 bits per heavy atom. The number of benzene rings is 1. The Balaban J connectivity index is 1.79. The molecular weight excluding hydrogens is 499 g/mol. The molecule has 1 aliphatic rings. The molecule has 8 heteroatoms. The van der Waals surface area contributed by atoms with Gasteiger partial charge >= 0.3 is 12.1 Å². The molecule has 1 fully saturated rings. The fraction of sp³-hybridized carbons (Fsp3) is 0.591. The standard InChI is InChI=1S/C22H31IN2O5/c1-22(2,3)30-21(29)24-13-14-7-9-16(10-8-14)19(26)25-18(20(27)28)12-15-5-4-6-17(23)11-15/h4-6,11,14,16,18H,7-10,12-13H2,1-3H3,(H,24,29)(H,25,26)(H,27,28)/t14?,16?,18-/m0/s1. The molecule has 30 heavy (non-hydrogen) atoms. The molecule has 1 aromatic rings. The molecule has 0 unspecified atom stereocenters. The average Bonchev–Trinajstić information content (AvgIpc) is 2.65. The maximum atomic E-state index is 12.6. The predicted octanol–water partition coefficient (Wildman–Crippen LogP) is 3.73. The number of alkyl carbamates (subject to hydrolysis) is 1. The molecule has 0 heterocycles. The van der Waals surface area contributed by atoms with Crippen LogP contribution in [0.25, 0.3) is 0 Å². The average molecular weight is 530 g/mol. The van der Waals surface area contributed by atoms with Crippen LogP contribution in [0.5, 0.6) is 0 Å². The lowest BCUT2D eigenvalue weighted by Gasteiger charge is -2.29. The Labute approximate surface area is 191 Å². The SMILES string of the molecule is CC(C)(C)OC(=O)NCC1CCC(C(=O)N[C@@H](Cc2cccc(I)c2)C(=O)O)CC1. The second kappa shape index (κ2) is 11.0. The van der Waals surface area contributed by atoms with E-state index in [1.54, 1.807) is 0 Å². The maximum absolute atomic E-state index is 12.6. The second-order valence-corrected chi connectivity index (χ2v) is 10.1. The van der Waals surface area contributed by atoms with Gasteiger partial charge in [-0.2, -0.15) is 0 Å². The molecule has 1 saturated carbocycles. The third-order valence-electron chi connectivity index (χ3n) is 5.09. The van der Waals surface area contributed by atoms with Crippen molar-refractivity contribution in [2.75, 3.05) is 6.54 Å². The van der Waals surface area contributed by atoms with Crippen LogP contribution in [0.15, 0.2) is 24.3 Å². The Morgan fingerprint density at radius 1 is 1.20 bits per heavy atom. The second-order valence-electron chi connectivity index (χ2n) is 8.83. The number of carbonyl (C=O) groups excluding carboxylic acids is 2. The zero-order valence-corrected chi connectivity index (χ0v) is 19.9. The molecule has 0 radical (unpaired) electrons. The first-order valence-electron chi connectivity index (χ1n) is 10.3. The minimum Gasteiger partial charge on any atom is -0.480 e. The lowest BCUT2D eigenvalue weighted by molar-refractivity contribution is -0.142. The summed E-state index contributed by atoms with van der Waals surface area (Å²) in [5.41, 5.74) is 0.352. The van der Waals surface area contributed by atoms with Crippen LogP contribution in [-0.2, 0) is 20.7 Å². The Bertz CT molecular complexity index is 754. The molecular formula is C22H31IN2O5. The van der Waals surface area contributed by atoms with Crippen LogP contribution in [-0.4, -0.2) is 41.3 Å². The van der Waals surface area contributed by atoms with Gasteiger partial charge in [-0.1, -0.05) is 12.1 Å². The van der Waals surface area contributed by atoms with Gasteiger partial charge in [0.05, 0.1) is 0 Å². The topological polar surface area (TPSA) is 105 Å². The summed E-state index contributed by atoms with van der Waals surface area (Å²) in [5.74, 6) is -1.13. The van der Waals surface area contributed by atoms with Crippen molar-refractivity contribution >= 4 is 40.6 Å². The number of carboxylic acids is 1. The smallest absolute Gasteiger partial charge is 0.407 e. The predicted molar refractivity (Wildman–Crippen MR) is 122 cm³/mol. The van der Waals surface area contributed by atoms with Crippen molar-refractivity contribution in [2.45, 2.75) is 64.5 Å². The first kappa shape index (κ1) is 24.4. The minimum absolute atomic E-state index is 0.194. The van der Waals surface area contributed by atoms with Crippen LogP contribution in [0, 0.1) is 15.4 Å². The van der Waals surface area contributed by atoms with Crippen LogP contribution in [0.4, 0.5) is 4.79 Å². The molecule has 0 spiro atoms. The van der Waals surface area contributed by atoms with Gasteiger partial charge in [-0.25, -0.2) is 9.59 Å². The Hall–Kier alpha value is -1.84. The van der Waals surface area contributed by atoms with E-state index in [1.807, 2.05) is 45.0 Å². The molecule has 2 rings (SSSR count). The van der Waals surface area contributed by atoms with Crippen molar-refractivity contribution < 1.29 is 24.2 Å². The van der Waals surface area contributed by atoms with E-state index in [1.165, 1.54) is 0 Å². The van der Waals surface area contributed by atoms with Crippen LogP contribution in [0.3, 0.4) is 0 Å². The van der Waals surface area contributed by atoms with Gasteiger partial charge in [0.2, 0.25) is 5.91 Å². The van der Waals surface area contributed by atoms with Gasteiger partial charge in [-0.3, -0.25) is 4.79 Å². The first-order chi connectivity index (χ1) is 14.0. The normalized spacial score (nSPS) is 20.1. The Morgan fingerprint density at radius 3 is 2.43 bits per heavy atom. The van der Waals surface area contributed by atoms with E-state index < -0.39 is 23.7 Å². The molecule has 0 aromatic heterocycles. The van der Waals surface area contributed by atoms with Gasteiger partial charge in [0, 0.05) is 22.5 Å². The van der Waals surface area contributed by atoms with Gasteiger partial charge in [0.25, 0.3) is 0 Å². The summed E-state index contributed by atoms with van der Waals surface area (Å²) in [7, 11) is 0. The summed E-state index contributed by atoms with van der Waals surface area (Å²) >= 11 is 2.18. The van der Waals surface area contributed by atoms with Crippen LogP contribution in [0.1, 0.15) is 52.0 Å². The van der Waals surface area contributed by atoms with Crippen molar-refractivity contribution in [3.05, 3.63) is 33.4 Å². The van der Waals surface area contributed by atoms with Crippen molar-refractivity contribution in [1.82, 2.24) is 10.6 Å². The molecule has 0 aliphatic heterocycles. The number of carbonyl (C=O) groups is 3. The molecule has 0 saturated heterocycles. The number of hydrogen-bond donors (Lipinski definition) is 3. The summed E-state index contributed by atoms with van der Waals surface area (Å²) in [6.07, 6.45) is 2.81. The largest absolute Gasteiger partial charge is 0.480 e. The van der Waals surface area contributed by atoms with E-state index in [0.29, 0.717) is 25.3 Å². The van der Waals surface area contributed by atoms with Crippen molar-refractivity contribution in [3.8, 4) is 0 Å². The highest BCUT2D eigenvalue weighted by molar-refractivity contribution is 14.1. The maximum Gasteiger partial charge on any atom is 0.407 e. The van der Waals surface area contributed by atoms with E-state index >= 15 is 0 Å². The first-order valence-corrected chi connectivity index (χ1v) is 11.4. The third kappa shape index (κ3) is 8.49. The zero-order valence-electron chi connectivity index (χ0n) is 17.7. The molecule has 166 valence electrons. The Kier molecular flexibility index (Phi) is 8.93. The van der Waals surface area contributed by atoms with Gasteiger partial charge in [0.15, 0.2) is 0 Å². The van der Waals surface area contributed by atoms with Gasteiger partial charge in [-0.15, -0.1) is 0 Å². The third-order valence-corrected chi connectivity index (χ3v) is 5.77. The lowest BCUT2D eigenvalue weighted by atomic mass is 9.81. The highest BCUT2D eigenvalue weighted by Gasteiger charge is 2.30. The fourth-order valence-electron chi connectivity index (χ4n) is 3.56. The van der Waals surface area contributed by atoms with Crippen molar-refractivity contribution in [1.29, 1.82) is 0 Å².